The number of nitrogens with one attached hydrogen (secondary N) is 3. The number of aromatic amines is 1. The molecule has 6 aromatic carbocycles. The number of aromatic nitrogens is 1. The number of benzene rings is 6. The van der Waals surface area contributed by atoms with Gasteiger partial charge < -0.3 is 47.3 Å². The van der Waals surface area contributed by atoms with Crippen molar-refractivity contribution in [1.82, 2.24) is 25.4 Å². The van der Waals surface area contributed by atoms with Crippen LogP contribution in [0.15, 0.2) is 147 Å². The Morgan fingerprint density at radius 2 is 1.00 bits per heavy atom. The van der Waals surface area contributed by atoms with E-state index in [0.29, 0.717) is 56.0 Å². The Bertz CT molecular complexity index is 3810. The summed E-state index contributed by atoms with van der Waals surface area (Å²) in [6.45, 7) is 3.17. The molecule has 0 spiro atoms. The molecule has 0 aliphatic carbocycles. The summed E-state index contributed by atoms with van der Waals surface area (Å²) in [7, 11) is 7.06. The fraction of sp³-hybridized carbons (Fsp3) is 0.250. The largest absolute Gasteiger partial charge is 0.455 e. The second-order valence-corrected chi connectivity index (χ2v) is 21.7. The van der Waals surface area contributed by atoms with Crippen LogP contribution in [0.3, 0.4) is 0 Å². The van der Waals surface area contributed by atoms with E-state index in [1.807, 2.05) is 76.5 Å². The standard InChI is InChI=1S/2C18H17FN2O2S.C14H15FN2O.C14H14FNO2/c2*1-20-18(22)16-14-9-8-13(21(2)24-3)10-15(14)23-17(16)11-4-6-12(19)7-5-11;15-11-4-5-12-10(8-11)9-13(16-12)14(18)17-6-2-1-3-7-17;15-11-6-4-5-10-9-12(18-13(10)11)14(17)16-7-2-1-3-8-16/h2*4-10H,1-3H3,(H,20,22);4-5,8-9,16H,1-3,6-7H2;4-6,9H,1-3,7-8H2. The topological polar surface area (TPSA) is 161 Å². The molecule has 12 rings (SSSR count). The number of hydrogen-bond donors (Lipinski definition) is 3. The van der Waals surface area contributed by atoms with Crippen molar-refractivity contribution in [2.75, 3.05) is 75.5 Å². The lowest BCUT2D eigenvalue weighted by Crippen LogP contribution is -2.35. The quantitative estimate of drug-likeness (QED) is 0.0883. The summed E-state index contributed by atoms with van der Waals surface area (Å²) in [5, 5.41) is 8.12. The number of halogens is 4. The highest BCUT2D eigenvalue weighted by Gasteiger charge is 2.26. The van der Waals surface area contributed by atoms with E-state index in [1.54, 1.807) is 97.5 Å². The highest BCUT2D eigenvalue weighted by molar-refractivity contribution is 8.00. The molecule has 84 heavy (non-hydrogen) atoms. The Morgan fingerprint density at radius 3 is 1.46 bits per heavy atom. The van der Waals surface area contributed by atoms with Crippen LogP contribution >= 0.6 is 23.9 Å². The summed E-state index contributed by atoms with van der Waals surface area (Å²) in [6, 6.07) is 35.8. The van der Waals surface area contributed by atoms with Gasteiger partial charge in [0.15, 0.2) is 17.2 Å². The number of rotatable bonds is 10. The van der Waals surface area contributed by atoms with Crippen LogP contribution in [0.25, 0.3) is 66.5 Å². The summed E-state index contributed by atoms with van der Waals surface area (Å²) < 4.78 is 74.2. The van der Waals surface area contributed by atoms with Gasteiger partial charge in [0.1, 0.15) is 45.8 Å². The summed E-state index contributed by atoms with van der Waals surface area (Å²) >= 11 is 3.15. The molecule has 4 amide bonds. The van der Waals surface area contributed by atoms with Gasteiger partial charge in [-0.2, -0.15) is 0 Å². The number of fused-ring (bicyclic) bond motifs is 4. The molecular weight excluding hydrogens is 1120 g/mol. The van der Waals surface area contributed by atoms with Gasteiger partial charge in [-0.05, 0) is 148 Å². The number of carbonyl (C=O) groups is 4. The van der Waals surface area contributed by atoms with Crippen LogP contribution < -0.4 is 19.2 Å². The first-order valence-electron chi connectivity index (χ1n) is 27.3. The first-order chi connectivity index (χ1) is 40.6. The molecule has 2 aliphatic rings. The number of amides is 4. The maximum absolute atomic E-state index is 13.5. The maximum atomic E-state index is 13.5. The lowest BCUT2D eigenvalue weighted by molar-refractivity contribution is 0.0692. The second-order valence-electron chi connectivity index (χ2n) is 19.9. The molecule has 20 heteroatoms. The van der Waals surface area contributed by atoms with E-state index in [1.165, 1.54) is 55.3 Å². The van der Waals surface area contributed by atoms with Gasteiger partial charge >= 0.3 is 0 Å². The van der Waals surface area contributed by atoms with Gasteiger partial charge in [-0.1, -0.05) is 36.0 Å². The Hall–Kier alpha value is -8.62. The van der Waals surface area contributed by atoms with Crippen molar-refractivity contribution >= 4 is 103 Å². The average molecular weight is 1180 g/mol. The number of hydrogen-bond acceptors (Lipinski definition) is 11. The number of para-hydroxylation sites is 1. The molecule has 10 aromatic rings. The van der Waals surface area contributed by atoms with Crippen LogP contribution in [0.2, 0.25) is 0 Å². The van der Waals surface area contributed by atoms with Gasteiger partial charge in [-0.3, -0.25) is 19.2 Å². The van der Waals surface area contributed by atoms with Crippen LogP contribution in [0.5, 0.6) is 0 Å². The molecule has 436 valence electrons. The molecule has 0 atom stereocenters. The van der Waals surface area contributed by atoms with Crippen molar-refractivity contribution in [3.63, 3.8) is 0 Å². The summed E-state index contributed by atoms with van der Waals surface area (Å²) in [4.78, 5) is 55.9. The Morgan fingerprint density at radius 1 is 0.524 bits per heavy atom. The normalized spacial score (nSPS) is 13.1. The minimum atomic E-state index is -0.426. The number of piperidine rings is 2. The van der Waals surface area contributed by atoms with Crippen LogP contribution in [0.1, 0.15) is 80.3 Å². The van der Waals surface area contributed by atoms with Crippen molar-refractivity contribution in [2.24, 2.45) is 0 Å². The zero-order valence-corrected chi connectivity index (χ0v) is 48.9. The molecule has 3 N–H and O–H groups in total. The van der Waals surface area contributed by atoms with Crippen molar-refractivity contribution in [1.29, 1.82) is 0 Å². The maximum Gasteiger partial charge on any atom is 0.289 e. The van der Waals surface area contributed by atoms with Crippen LogP contribution in [-0.4, -0.2) is 105 Å². The Kier molecular flexibility index (Phi) is 19.4. The van der Waals surface area contributed by atoms with Gasteiger partial charge in [-0.25, -0.2) is 17.6 Å². The third kappa shape index (κ3) is 13.6. The van der Waals surface area contributed by atoms with Crippen LogP contribution in [0, 0.1) is 23.3 Å². The number of likely N-dealkylation sites (tertiary alicyclic amines) is 2. The summed E-state index contributed by atoms with van der Waals surface area (Å²) in [5.74, 6) is -0.850. The minimum absolute atomic E-state index is 0.0197. The van der Waals surface area contributed by atoms with Gasteiger partial charge in [0.05, 0.1) is 22.5 Å². The molecule has 6 heterocycles. The Labute approximate surface area is 491 Å². The predicted molar refractivity (Wildman–Crippen MR) is 328 cm³/mol. The summed E-state index contributed by atoms with van der Waals surface area (Å²) in [5.41, 5.74) is 6.92. The van der Waals surface area contributed by atoms with E-state index in [0.717, 1.165) is 84.9 Å². The van der Waals surface area contributed by atoms with E-state index in [2.05, 4.69) is 15.6 Å². The zero-order valence-electron chi connectivity index (χ0n) is 47.2. The van der Waals surface area contributed by atoms with Crippen molar-refractivity contribution in [3.8, 4) is 22.6 Å². The van der Waals surface area contributed by atoms with E-state index >= 15 is 0 Å². The number of H-pyrrole nitrogens is 1. The first-order valence-corrected chi connectivity index (χ1v) is 29.7. The molecule has 2 fully saturated rings. The molecule has 4 aromatic heterocycles. The van der Waals surface area contributed by atoms with E-state index in [4.69, 9.17) is 13.3 Å². The minimum Gasteiger partial charge on any atom is -0.455 e. The van der Waals surface area contributed by atoms with Gasteiger partial charge in [0, 0.05) is 117 Å². The van der Waals surface area contributed by atoms with E-state index < -0.39 is 5.82 Å². The smallest absolute Gasteiger partial charge is 0.289 e. The number of carbonyl (C=O) groups excluding carboxylic acids is 4. The van der Waals surface area contributed by atoms with Gasteiger partial charge in [0.2, 0.25) is 0 Å². The highest BCUT2D eigenvalue weighted by Crippen LogP contribution is 2.38. The van der Waals surface area contributed by atoms with Crippen molar-refractivity contribution in [2.45, 2.75) is 38.5 Å². The molecule has 0 saturated carbocycles. The van der Waals surface area contributed by atoms with Gasteiger partial charge in [0.25, 0.3) is 23.6 Å². The van der Waals surface area contributed by atoms with Crippen molar-refractivity contribution in [3.05, 3.63) is 179 Å². The van der Waals surface area contributed by atoms with Crippen molar-refractivity contribution < 1.29 is 50.0 Å². The first kappa shape index (κ1) is 60.0. The summed E-state index contributed by atoms with van der Waals surface area (Å²) in [6.07, 6.45) is 10.5. The molecule has 14 nitrogen and oxygen atoms in total. The number of furan rings is 3. The van der Waals surface area contributed by atoms with Crippen LogP contribution in [-0.2, 0) is 0 Å². The van der Waals surface area contributed by atoms with Crippen LogP contribution in [0.4, 0.5) is 28.9 Å². The molecular formula is C64H63F4N7O7S2. The van der Waals surface area contributed by atoms with Gasteiger partial charge in [-0.15, -0.1) is 0 Å². The lowest BCUT2D eigenvalue weighted by atomic mass is 10.0. The molecule has 0 bridgehead atoms. The van der Waals surface area contributed by atoms with E-state index in [-0.39, 0.29) is 52.4 Å². The third-order valence-electron chi connectivity index (χ3n) is 14.5. The lowest BCUT2D eigenvalue weighted by Gasteiger charge is -2.26. The second kappa shape index (κ2) is 27.2. The molecule has 0 unspecified atom stereocenters. The average Bonchev–Trinajstić information content (AvgIpc) is 4.46. The number of anilines is 2. The monoisotopic (exact) mass is 1180 g/mol. The number of nitrogens with zero attached hydrogens (tertiary/aromatic N) is 4. The fourth-order valence-corrected chi connectivity index (χ4v) is 10.6. The third-order valence-corrected chi connectivity index (χ3v) is 16.1. The fourth-order valence-electron chi connectivity index (χ4n) is 9.95. The highest BCUT2D eigenvalue weighted by atomic mass is 32.2. The predicted octanol–water partition coefficient (Wildman–Crippen LogP) is 14.8. The molecule has 2 aliphatic heterocycles. The molecule has 0 radical (unpaired) electrons. The zero-order chi connectivity index (χ0) is 59.6. The Balaban J connectivity index is 0.000000135. The molecule has 2 saturated heterocycles. The van der Waals surface area contributed by atoms with E-state index in [9.17, 15) is 36.7 Å². The SMILES string of the molecule is CNC(=O)c1c(-c2ccc(F)cc2)oc2cc(N(C)SC)ccc12.CNC(=O)c1c(-c2ccc(F)cc2)oc2cc(N(C)SC)ccc12.O=C(c1cc2cc(F)ccc2[nH]1)N1CCCCC1.O=C(c1cc2cccc(F)c2o1)N1CCCCC1.